The number of carbonyl (C=O) groups is 1. The van der Waals surface area contributed by atoms with Gasteiger partial charge in [-0.25, -0.2) is 9.79 Å². The number of ether oxygens (including phenoxy) is 2. The summed E-state index contributed by atoms with van der Waals surface area (Å²) in [4.78, 5) is 31.9. The molecule has 182 valence electrons. The number of hydrogen-bond donors (Lipinski definition) is 0. The van der Waals surface area contributed by atoms with Gasteiger partial charge in [0.1, 0.15) is 5.75 Å². The van der Waals surface area contributed by atoms with Gasteiger partial charge in [-0.1, -0.05) is 65.4 Å². The van der Waals surface area contributed by atoms with Crippen LogP contribution < -0.4 is 19.6 Å². The van der Waals surface area contributed by atoms with Crippen molar-refractivity contribution in [1.82, 2.24) is 4.57 Å². The van der Waals surface area contributed by atoms with Gasteiger partial charge in [-0.15, -0.1) is 0 Å². The molecule has 8 heteroatoms. The molecule has 0 N–H and O–H groups in total. The molecule has 6 nitrogen and oxygen atoms in total. The molecule has 3 aromatic rings. The van der Waals surface area contributed by atoms with E-state index in [0.29, 0.717) is 32.3 Å². The third-order valence-electron chi connectivity index (χ3n) is 5.93. The average Bonchev–Trinajstić information content (AvgIpc) is 3.14. The minimum absolute atomic E-state index is 0.212. The van der Waals surface area contributed by atoms with Gasteiger partial charge in [0.05, 0.1) is 35.6 Å². The zero-order valence-corrected chi connectivity index (χ0v) is 22.7. The van der Waals surface area contributed by atoms with Gasteiger partial charge in [-0.3, -0.25) is 9.36 Å². The lowest BCUT2D eigenvalue weighted by atomic mass is 9.93. The molecule has 2 aromatic carbocycles. The third-order valence-corrected chi connectivity index (χ3v) is 7.63. The number of fused-ring (bicyclic) bond motifs is 1. The van der Waals surface area contributed by atoms with E-state index in [2.05, 4.69) is 34.8 Å². The second kappa shape index (κ2) is 10.3. The van der Waals surface area contributed by atoms with Crippen LogP contribution in [0, 0.1) is 0 Å². The summed E-state index contributed by atoms with van der Waals surface area (Å²) in [6.45, 7) is 8.05. The highest BCUT2D eigenvalue weighted by Gasteiger charge is 2.33. The van der Waals surface area contributed by atoms with Crippen molar-refractivity contribution in [1.29, 1.82) is 0 Å². The fourth-order valence-corrected chi connectivity index (χ4v) is 5.47. The Morgan fingerprint density at radius 1 is 1.23 bits per heavy atom. The van der Waals surface area contributed by atoms with E-state index in [1.54, 1.807) is 25.5 Å². The Morgan fingerprint density at radius 3 is 2.57 bits per heavy atom. The largest absolute Gasteiger partial charge is 0.497 e. The summed E-state index contributed by atoms with van der Waals surface area (Å²) in [5.74, 6) is 0.599. The first-order valence-corrected chi connectivity index (χ1v) is 13.0. The maximum atomic E-state index is 13.7. The van der Waals surface area contributed by atoms with Gasteiger partial charge in [-0.05, 0) is 60.7 Å². The van der Waals surface area contributed by atoms with E-state index in [1.165, 1.54) is 16.9 Å². The zero-order valence-electron chi connectivity index (χ0n) is 20.3. The molecular weight excluding hydrogens is 528 g/mol. The van der Waals surface area contributed by atoms with Gasteiger partial charge in [0.15, 0.2) is 4.80 Å². The fourth-order valence-electron chi connectivity index (χ4n) is 4.07. The second-order valence-electron chi connectivity index (χ2n) is 8.51. The molecule has 0 saturated heterocycles. The van der Waals surface area contributed by atoms with E-state index in [9.17, 15) is 9.59 Å². The van der Waals surface area contributed by atoms with E-state index in [0.717, 1.165) is 15.6 Å². The molecule has 0 amide bonds. The van der Waals surface area contributed by atoms with Crippen molar-refractivity contribution in [2.24, 2.45) is 4.99 Å². The van der Waals surface area contributed by atoms with Crippen molar-refractivity contribution in [3.8, 4) is 5.75 Å². The first-order valence-electron chi connectivity index (χ1n) is 11.4. The van der Waals surface area contributed by atoms with Crippen molar-refractivity contribution in [2.45, 2.75) is 39.7 Å². The predicted octanol–water partition coefficient (Wildman–Crippen LogP) is 4.69. The summed E-state index contributed by atoms with van der Waals surface area (Å²) in [7, 11) is 1.60. The van der Waals surface area contributed by atoms with Gasteiger partial charge >= 0.3 is 5.97 Å². The van der Waals surface area contributed by atoms with E-state index in [4.69, 9.17) is 9.47 Å². The van der Waals surface area contributed by atoms with Crippen LogP contribution in [0.2, 0.25) is 0 Å². The number of nitrogens with zero attached hydrogens (tertiary/aromatic N) is 2. The third kappa shape index (κ3) is 4.90. The second-order valence-corrected chi connectivity index (χ2v) is 10.4. The number of benzene rings is 2. The van der Waals surface area contributed by atoms with Crippen molar-refractivity contribution >= 4 is 39.3 Å². The molecule has 1 atom stereocenters. The number of allylic oxidation sites excluding steroid dienone is 1. The average molecular weight is 555 g/mol. The summed E-state index contributed by atoms with van der Waals surface area (Å²) in [6.07, 6.45) is 1.82. The number of aromatic nitrogens is 1. The zero-order chi connectivity index (χ0) is 25.3. The molecule has 0 radical (unpaired) electrons. The Balaban J connectivity index is 1.94. The molecule has 0 aliphatic carbocycles. The molecule has 0 bridgehead atoms. The highest BCUT2D eigenvalue weighted by Crippen LogP contribution is 2.31. The van der Waals surface area contributed by atoms with Crippen LogP contribution in [0.25, 0.3) is 6.08 Å². The first kappa shape index (κ1) is 25.1. The Kier molecular flexibility index (Phi) is 7.42. The minimum Gasteiger partial charge on any atom is -0.497 e. The molecular formula is C27H27BrN2O4S. The van der Waals surface area contributed by atoms with E-state index >= 15 is 0 Å². The Labute approximate surface area is 216 Å². The lowest BCUT2D eigenvalue weighted by Gasteiger charge is -2.25. The van der Waals surface area contributed by atoms with Crippen LogP contribution in [-0.4, -0.2) is 24.3 Å². The van der Waals surface area contributed by atoms with Gasteiger partial charge in [0.2, 0.25) is 0 Å². The molecule has 35 heavy (non-hydrogen) atoms. The number of methoxy groups -OCH3 is 1. The highest BCUT2D eigenvalue weighted by molar-refractivity contribution is 9.10. The quantitative estimate of drug-likeness (QED) is 0.414. The van der Waals surface area contributed by atoms with Gasteiger partial charge in [0.25, 0.3) is 5.56 Å². The predicted molar refractivity (Wildman–Crippen MR) is 142 cm³/mol. The summed E-state index contributed by atoms with van der Waals surface area (Å²) in [5.41, 5.74) is 3.55. The van der Waals surface area contributed by atoms with Crippen LogP contribution in [0.15, 0.2) is 68.0 Å². The van der Waals surface area contributed by atoms with Gasteiger partial charge in [-0.2, -0.15) is 0 Å². The molecule has 2 heterocycles. The number of rotatable bonds is 6. The van der Waals surface area contributed by atoms with Crippen LogP contribution in [0.3, 0.4) is 0 Å². The minimum atomic E-state index is -0.623. The number of esters is 1. The number of thiazole rings is 1. The maximum absolute atomic E-state index is 13.7. The number of hydrogen-bond acceptors (Lipinski definition) is 6. The van der Waals surface area contributed by atoms with E-state index in [1.807, 2.05) is 48.5 Å². The molecule has 4 rings (SSSR count). The van der Waals surface area contributed by atoms with Gasteiger partial charge in [0, 0.05) is 4.47 Å². The van der Waals surface area contributed by atoms with Crippen LogP contribution in [-0.2, 0) is 9.53 Å². The molecule has 0 spiro atoms. The van der Waals surface area contributed by atoms with Crippen molar-refractivity contribution in [2.75, 3.05) is 13.7 Å². The Hall–Kier alpha value is -2.97. The monoisotopic (exact) mass is 554 g/mol. The summed E-state index contributed by atoms with van der Waals surface area (Å²) in [6, 6.07) is 13.0. The van der Waals surface area contributed by atoms with Crippen LogP contribution in [0.4, 0.5) is 0 Å². The molecule has 0 unspecified atom stereocenters. The SMILES string of the molecule is CCOC(=O)C1=C(C)N=c2s/c(=C\c3cc(OC)ccc3Br)c(=O)n2[C@@H]1c1ccc(C(C)C)cc1. The van der Waals surface area contributed by atoms with Gasteiger partial charge < -0.3 is 9.47 Å². The van der Waals surface area contributed by atoms with Crippen LogP contribution >= 0.6 is 27.3 Å². The normalized spacial score (nSPS) is 15.7. The Bertz CT molecular complexity index is 1480. The summed E-state index contributed by atoms with van der Waals surface area (Å²) >= 11 is 4.85. The summed E-state index contributed by atoms with van der Waals surface area (Å²) in [5, 5.41) is 0. The lowest BCUT2D eigenvalue weighted by molar-refractivity contribution is -0.139. The molecule has 0 saturated carbocycles. The molecule has 0 fully saturated rings. The number of carbonyl (C=O) groups excluding carboxylic acids is 1. The first-order chi connectivity index (χ1) is 16.7. The molecule has 1 aliphatic rings. The summed E-state index contributed by atoms with van der Waals surface area (Å²) < 4.78 is 13.7. The molecule has 1 aliphatic heterocycles. The molecule has 1 aromatic heterocycles. The fraction of sp³-hybridized carbons (Fsp3) is 0.296. The van der Waals surface area contributed by atoms with Crippen LogP contribution in [0.1, 0.15) is 56.3 Å². The van der Waals surface area contributed by atoms with Crippen LogP contribution in [0.5, 0.6) is 5.75 Å². The maximum Gasteiger partial charge on any atom is 0.338 e. The van der Waals surface area contributed by atoms with Crippen molar-refractivity contribution in [3.63, 3.8) is 0 Å². The standard InChI is InChI=1S/C27H27BrN2O4S/c1-6-34-26(32)23-16(4)29-27-30(24(23)18-9-7-17(8-10-18)15(2)3)25(31)22(35-27)14-19-13-20(33-5)11-12-21(19)28/h7-15,24H,6H2,1-5H3/b22-14-/t24-/m1/s1. The lowest BCUT2D eigenvalue weighted by Crippen LogP contribution is -2.39. The van der Waals surface area contributed by atoms with E-state index < -0.39 is 12.0 Å². The van der Waals surface area contributed by atoms with Crippen molar-refractivity contribution < 1.29 is 14.3 Å². The Morgan fingerprint density at radius 2 is 1.94 bits per heavy atom. The van der Waals surface area contributed by atoms with Crippen molar-refractivity contribution in [3.05, 3.63) is 94.6 Å². The topological polar surface area (TPSA) is 69.9 Å². The smallest absolute Gasteiger partial charge is 0.338 e. The van der Waals surface area contributed by atoms with E-state index in [-0.39, 0.29) is 12.2 Å². The highest BCUT2D eigenvalue weighted by atomic mass is 79.9. The number of halogens is 1.